The molecular formula is C23H27NS. The Bertz CT molecular complexity index is 839. The molecule has 1 heterocycles. The lowest BCUT2D eigenvalue weighted by Gasteiger charge is -2.42. The van der Waals surface area contributed by atoms with Crippen LogP contribution in [-0.2, 0) is 6.42 Å². The molecule has 0 fully saturated rings. The summed E-state index contributed by atoms with van der Waals surface area (Å²) in [6, 6.07) is 8.77. The van der Waals surface area contributed by atoms with Crippen LogP contribution >= 0.6 is 11.3 Å². The first-order chi connectivity index (χ1) is 12.0. The van der Waals surface area contributed by atoms with Crippen molar-refractivity contribution in [1.29, 1.82) is 0 Å². The van der Waals surface area contributed by atoms with Gasteiger partial charge in [-0.15, -0.1) is 11.3 Å². The minimum absolute atomic E-state index is 0.627. The number of allylic oxidation sites excluding steroid dienone is 3. The molecule has 1 nitrogen and oxygen atoms in total. The van der Waals surface area contributed by atoms with Crippen LogP contribution in [0.2, 0.25) is 0 Å². The highest BCUT2D eigenvalue weighted by Gasteiger charge is 2.40. The van der Waals surface area contributed by atoms with Gasteiger partial charge in [0.2, 0.25) is 0 Å². The number of thiazole rings is 1. The van der Waals surface area contributed by atoms with Crippen LogP contribution in [0.15, 0.2) is 42.5 Å². The Morgan fingerprint density at radius 2 is 1.92 bits per heavy atom. The Morgan fingerprint density at radius 1 is 1.20 bits per heavy atom. The van der Waals surface area contributed by atoms with Gasteiger partial charge in [-0.05, 0) is 55.9 Å². The molecule has 2 aromatic rings. The van der Waals surface area contributed by atoms with Crippen molar-refractivity contribution in [2.75, 3.05) is 0 Å². The Balaban J connectivity index is 1.76. The van der Waals surface area contributed by atoms with E-state index in [1.165, 1.54) is 32.3 Å². The Morgan fingerprint density at radius 3 is 2.60 bits per heavy atom. The molecular weight excluding hydrogens is 322 g/mol. The zero-order valence-electron chi connectivity index (χ0n) is 15.7. The zero-order valence-corrected chi connectivity index (χ0v) is 16.5. The summed E-state index contributed by atoms with van der Waals surface area (Å²) in [6.45, 7) is 13.4. The number of rotatable bonds is 2. The molecule has 1 aromatic carbocycles. The summed E-state index contributed by atoms with van der Waals surface area (Å²) in [5.41, 5.74) is 6.77. The van der Waals surface area contributed by atoms with Gasteiger partial charge in [-0.1, -0.05) is 61.9 Å². The van der Waals surface area contributed by atoms with Crippen LogP contribution < -0.4 is 0 Å². The maximum atomic E-state index is 5.03. The van der Waals surface area contributed by atoms with E-state index in [1.807, 2.05) is 11.3 Å². The van der Waals surface area contributed by atoms with E-state index in [4.69, 9.17) is 4.98 Å². The summed E-state index contributed by atoms with van der Waals surface area (Å²) in [7, 11) is 0. The van der Waals surface area contributed by atoms with Crippen molar-refractivity contribution in [3.05, 3.63) is 58.6 Å². The molecule has 0 aliphatic heterocycles. The van der Waals surface area contributed by atoms with E-state index in [0.29, 0.717) is 23.7 Å². The average Bonchev–Trinajstić information content (AvgIpc) is 2.99. The van der Waals surface area contributed by atoms with Gasteiger partial charge in [0.15, 0.2) is 0 Å². The number of aromatic nitrogens is 1. The van der Waals surface area contributed by atoms with E-state index < -0.39 is 0 Å². The largest absolute Gasteiger partial charge is 0.240 e. The number of nitrogens with zero attached hydrogens (tertiary/aromatic N) is 1. The molecule has 2 aliphatic carbocycles. The molecule has 4 atom stereocenters. The van der Waals surface area contributed by atoms with Crippen molar-refractivity contribution in [2.45, 2.75) is 40.5 Å². The van der Waals surface area contributed by atoms with Crippen molar-refractivity contribution < 1.29 is 0 Å². The Labute approximate surface area is 155 Å². The molecule has 2 heteroatoms. The molecule has 0 spiro atoms. The molecule has 1 unspecified atom stereocenters. The van der Waals surface area contributed by atoms with Gasteiger partial charge in [0.05, 0.1) is 10.6 Å². The minimum atomic E-state index is 0.627. The lowest BCUT2D eigenvalue weighted by Crippen LogP contribution is -2.34. The predicted octanol–water partition coefficient (Wildman–Crippen LogP) is 6.54. The van der Waals surface area contributed by atoms with Gasteiger partial charge < -0.3 is 0 Å². The highest BCUT2D eigenvalue weighted by atomic mass is 32.1. The van der Waals surface area contributed by atoms with E-state index in [2.05, 4.69) is 64.6 Å². The Kier molecular flexibility index (Phi) is 4.19. The van der Waals surface area contributed by atoms with E-state index >= 15 is 0 Å². The van der Waals surface area contributed by atoms with Crippen molar-refractivity contribution in [3.8, 4) is 10.6 Å². The van der Waals surface area contributed by atoms with Crippen LogP contribution in [0.1, 0.15) is 43.3 Å². The fraction of sp³-hybridized carbons (Fsp3) is 0.435. The van der Waals surface area contributed by atoms with Gasteiger partial charge in [0.25, 0.3) is 0 Å². The van der Waals surface area contributed by atoms with Gasteiger partial charge in [-0.3, -0.25) is 0 Å². The van der Waals surface area contributed by atoms with Crippen LogP contribution in [0, 0.1) is 30.6 Å². The molecule has 2 aliphatic rings. The van der Waals surface area contributed by atoms with Crippen molar-refractivity contribution in [2.24, 2.45) is 23.7 Å². The van der Waals surface area contributed by atoms with Gasteiger partial charge in [0.1, 0.15) is 5.01 Å². The summed E-state index contributed by atoms with van der Waals surface area (Å²) in [4.78, 5) is 6.48. The molecule has 1 aromatic heterocycles. The van der Waals surface area contributed by atoms with Crippen LogP contribution in [0.5, 0.6) is 0 Å². The molecule has 0 saturated carbocycles. The third-order valence-electron chi connectivity index (χ3n) is 6.17. The van der Waals surface area contributed by atoms with Crippen LogP contribution in [0.3, 0.4) is 0 Å². The maximum absolute atomic E-state index is 5.03. The smallest absolute Gasteiger partial charge is 0.124 e. The third kappa shape index (κ3) is 2.81. The topological polar surface area (TPSA) is 12.9 Å². The maximum Gasteiger partial charge on any atom is 0.124 e. The van der Waals surface area contributed by atoms with E-state index in [-0.39, 0.29) is 0 Å². The van der Waals surface area contributed by atoms with E-state index in [1.54, 1.807) is 5.57 Å². The van der Waals surface area contributed by atoms with Gasteiger partial charge >= 0.3 is 0 Å². The van der Waals surface area contributed by atoms with Gasteiger partial charge in [-0.2, -0.15) is 0 Å². The summed E-state index contributed by atoms with van der Waals surface area (Å²) in [5.74, 6) is 2.60. The highest BCUT2D eigenvalue weighted by Crippen LogP contribution is 2.52. The number of aryl methyl sites for hydroxylation is 1. The lowest BCUT2D eigenvalue weighted by molar-refractivity contribution is 0.241. The van der Waals surface area contributed by atoms with Crippen LogP contribution in [0.25, 0.3) is 16.1 Å². The fourth-order valence-electron chi connectivity index (χ4n) is 4.82. The van der Waals surface area contributed by atoms with E-state index in [0.717, 1.165) is 12.8 Å². The van der Waals surface area contributed by atoms with Crippen molar-refractivity contribution in [1.82, 2.24) is 4.98 Å². The fourth-order valence-corrected chi connectivity index (χ4v) is 6.01. The normalized spacial score (nSPS) is 28.1. The quantitative estimate of drug-likeness (QED) is 0.561. The third-order valence-corrected chi connectivity index (χ3v) is 7.37. The van der Waals surface area contributed by atoms with Crippen LogP contribution in [0.4, 0.5) is 0 Å². The monoisotopic (exact) mass is 349 g/mol. The van der Waals surface area contributed by atoms with Gasteiger partial charge in [0, 0.05) is 5.56 Å². The molecule has 0 amide bonds. The lowest BCUT2D eigenvalue weighted by atomic mass is 9.63. The van der Waals surface area contributed by atoms with Crippen LogP contribution in [-0.4, -0.2) is 4.98 Å². The first kappa shape index (κ1) is 16.8. The molecule has 130 valence electrons. The number of hydrogen-bond acceptors (Lipinski definition) is 2. The Hall–Kier alpha value is -1.67. The van der Waals surface area contributed by atoms with Crippen molar-refractivity contribution in [3.63, 3.8) is 0 Å². The highest BCUT2D eigenvalue weighted by molar-refractivity contribution is 7.16. The second-order valence-corrected chi connectivity index (χ2v) is 9.07. The first-order valence-electron chi connectivity index (χ1n) is 9.38. The summed E-state index contributed by atoms with van der Waals surface area (Å²) in [5, 5.41) is 1.17. The molecule has 0 N–H and O–H groups in total. The SMILES string of the molecule is C=C(C)[C@@H]1CC=C2c3sc(-c4ccc(C)cc4)nc3C[C@@H](C)C2[C@H]1C. The van der Waals surface area contributed by atoms with Gasteiger partial charge in [-0.25, -0.2) is 4.98 Å². The molecule has 4 rings (SSSR count). The molecule has 0 radical (unpaired) electrons. The summed E-state index contributed by atoms with van der Waals surface area (Å²) < 4.78 is 0. The second kappa shape index (κ2) is 6.25. The van der Waals surface area contributed by atoms with E-state index in [9.17, 15) is 0 Å². The molecule has 0 saturated heterocycles. The second-order valence-electron chi connectivity index (χ2n) is 8.08. The molecule has 25 heavy (non-hydrogen) atoms. The first-order valence-corrected chi connectivity index (χ1v) is 10.2. The zero-order chi connectivity index (χ0) is 17.7. The number of fused-ring (bicyclic) bond motifs is 3. The summed E-state index contributed by atoms with van der Waals surface area (Å²) in [6.07, 6.45) is 4.73. The minimum Gasteiger partial charge on any atom is -0.240 e. The average molecular weight is 350 g/mol. The number of hydrogen-bond donors (Lipinski definition) is 0. The van der Waals surface area contributed by atoms with Crippen molar-refractivity contribution >= 4 is 16.9 Å². The standard InChI is InChI=1S/C23H27NS/c1-13(2)18-10-11-19-21(16(18)5)15(4)12-20-22(19)25-23(24-20)17-8-6-14(3)7-9-17/h6-9,11,15-16,18,21H,1,10,12H2,2-5H3/t15-,16+,18+,21?/m1/s1. The number of benzene rings is 1. The predicted molar refractivity (Wildman–Crippen MR) is 109 cm³/mol. The molecule has 0 bridgehead atoms. The summed E-state index contributed by atoms with van der Waals surface area (Å²) >= 11 is 1.89.